The molecule has 0 amide bonds. The third-order valence-electron chi connectivity index (χ3n) is 2.58. The van der Waals surface area contributed by atoms with Crippen molar-refractivity contribution in [3.05, 3.63) is 60.2 Å². The van der Waals surface area contributed by atoms with Crippen molar-refractivity contribution in [3.8, 4) is 17.2 Å². The first-order valence-electron chi connectivity index (χ1n) is 6.01. The lowest BCUT2D eigenvalue weighted by Crippen LogP contribution is -2.04. The van der Waals surface area contributed by atoms with Crippen molar-refractivity contribution in [1.29, 1.82) is 0 Å². The summed E-state index contributed by atoms with van der Waals surface area (Å²) in [5.41, 5.74) is 0.791. The van der Waals surface area contributed by atoms with Crippen LogP contribution in [-0.2, 0) is 4.79 Å². The fourth-order valence-electron chi connectivity index (χ4n) is 1.60. The molecule has 20 heavy (non-hydrogen) atoms. The first-order chi connectivity index (χ1) is 9.69. The monoisotopic (exact) mass is 270 g/mol. The number of hydrogen-bond donors (Lipinski definition) is 1. The molecule has 4 nitrogen and oxygen atoms in total. The number of benzene rings is 2. The van der Waals surface area contributed by atoms with Gasteiger partial charge in [-0.05, 0) is 35.9 Å². The highest BCUT2D eigenvalue weighted by molar-refractivity contribution is 5.89. The van der Waals surface area contributed by atoms with Gasteiger partial charge in [-0.15, -0.1) is 0 Å². The van der Waals surface area contributed by atoms with E-state index in [1.165, 1.54) is 13.2 Å². The Labute approximate surface area is 116 Å². The van der Waals surface area contributed by atoms with Crippen LogP contribution in [0.1, 0.15) is 5.56 Å². The molecular weight excluding hydrogens is 256 g/mol. The Morgan fingerprint density at radius 1 is 1.05 bits per heavy atom. The van der Waals surface area contributed by atoms with Gasteiger partial charge in [-0.25, -0.2) is 4.79 Å². The molecule has 102 valence electrons. The number of rotatable bonds is 4. The highest BCUT2D eigenvalue weighted by Crippen LogP contribution is 2.25. The first-order valence-corrected chi connectivity index (χ1v) is 6.01. The van der Waals surface area contributed by atoms with E-state index in [-0.39, 0.29) is 5.75 Å². The maximum Gasteiger partial charge on any atom is 0.336 e. The smallest absolute Gasteiger partial charge is 0.336 e. The van der Waals surface area contributed by atoms with Gasteiger partial charge in [0.05, 0.1) is 7.11 Å². The summed E-state index contributed by atoms with van der Waals surface area (Å²) in [5, 5.41) is 9.16. The molecule has 0 bridgehead atoms. The van der Waals surface area contributed by atoms with Gasteiger partial charge in [0.25, 0.3) is 0 Å². The minimum Gasteiger partial charge on any atom is -0.508 e. The minimum atomic E-state index is -0.498. The number of hydrogen-bond acceptors (Lipinski definition) is 4. The number of para-hydroxylation sites is 2. The van der Waals surface area contributed by atoms with Gasteiger partial charge in [-0.1, -0.05) is 24.3 Å². The molecule has 0 aromatic heterocycles. The topological polar surface area (TPSA) is 55.8 Å². The van der Waals surface area contributed by atoms with Crippen molar-refractivity contribution < 1.29 is 19.4 Å². The molecule has 1 N–H and O–H groups in total. The average molecular weight is 270 g/mol. The molecule has 0 fully saturated rings. The Kier molecular flexibility index (Phi) is 4.39. The van der Waals surface area contributed by atoms with Gasteiger partial charge in [0.1, 0.15) is 5.75 Å². The standard InChI is InChI=1S/C16H14O4/c1-19-14-4-2-3-5-15(14)20-16(18)11-8-12-6-9-13(17)10-7-12/h2-11,17H,1H3/b11-8+. The van der Waals surface area contributed by atoms with E-state index in [4.69, 9.17) is 14.6 Å². The molecule has 0 heterocycles. The van der Waals surface area contributed by atoms with Crippen LogP contribution < -0.4 is 9.47 Å². The van der Waals surface area contributed by atoms with Crippen molar-refractivity contribution in [3.63, 3.8) is 0 Å². The van der Waals surface area contributed by atoms with Crippen LogP contribution in [0.2, 0.25) is 0 Å². The number of carbonyl (C=O) groups is 1. The van der Waals surface area contributed by atoms with Crippen molar-refractivity contribution in [1.82, 2.24) is 0 Å². The molecule has 0 unspecified atom stereocenters. The zero-order chi connectivity index (χ0) is 14.4. The third-order valence-corrected chi connectivity index (χ3v) is 2.58. The van der Waals surface area contributed by atoms with E-state index < -0.39 is 5.97 Å². The van der Waals surface area contributed by atoms with Crippen LogP contribution in [0.15, 0.2) is 54.6 Å². The van der Waals surface area contributed by atoms with Crippen LogP contribution >= 0.6 is 0 Å². The summed E-state index contributed by atoms with van der Waals surface area (Å²) in [5.74, 6) is 0.551. The molecule has 2 aromatic rings. The first kappa shape index (κ1) is 13.7. The normalized spacial score (nSPS) is 10.4. The molecule has 0 aliphatic carbocycles. The number of ether oxygens (including phenoxy) is 2. The maximum absolute atomic E-state index is 11.7. The summed E-state index contributed by atoms with van der Waals surface area (Å²) in [6.45, 7) is 0. The lowest BCUT2D eigenvalue weighted by atomic mass is 10.2. The van der Waals surface area contributed by atoms with E-state index in [2.05, 4.69) is 0 Å². The molecule has 4 heteroatoms. The lowest BCUT2D eigenvalue weighted by Gasteiger charge is -2.06. The van der Waals surface area contributed by atoms with Gasteiger partial charge < -0.3 is 14.6 Å². The van der Waals surface area contributed by atoms with Gasteiger partial charge in [-0.2, -0.15) is 0 Å². The van der Waals surface area contributed by atoms with Crippen LogP contribution in [0.25, 0.3) is 6.08 Å². The Morgan fingerprint density at radius 2 is 1.70 bits per heavy atom. The van der Waals surface area contributed by atoms with Crippen molar-refractivity contribution in [2.45, 2.75) is 0 Å². The number of esters is 1. The summed E-state index contributed by atoms with van der Waals surface area (Å²) in [6, 6.07) is 13.4. The Bertz CT molecular complexity index is 615. The molecular formula is C16H14O4. The molecule has 0 radical (unpaired) electrons. The van der Waals surface area contributed by atoms with E-state index in [0.29, 0.717) is 11.5 Å². The quantitative estimate of drug-likeness (QED) is 0.527. The Morgan fingerprint density at radius 3 is 2.35 bits per heavy atom. The second-order valence-corrected chi connectivity index (χ2v) is 4.00. The average Bonchev–Trinajstić information content (AvgIpc) is 2.47. The van der Waals surface area contributed by atoms with Crippen LogP contribution in [0.4, 0.5) is 0 Å². The predicted molar refractivity (Wildman–Crippen MR) is 75.8 cm³/mol. The summed E-state index contributed by atoms with van der Waals surface area (Å²) in [4.78, 5) is 11.7. The largest absolute Gasteiger partial charge is 0.508 e. The molecule has 0 saturated heterocycles. The highest BCUT2D eigenvalue weighted by atomic mass is 16.6. The number of phenolic OH excluding ortho intramolecular Hbond substituents is 1. The second kappa shape index (κ2) is 6.43. The van der Waals surface area contributed by atoms with Gasteiger partial charge in [0, 0.05) is 6.08 Å². The van der Waals surface area contributed by atoms with E-state index >= 15 is 0 Å². The molecule has 0 saturated carbocycles. The summed E-state index contributed by atoms with van der Waals surface area (Å²) < 4.78 is 10.3. The Balaban J connectivity index is 2.03. The van der Waals surface area contributed by atoms with Crippen molar-refractivity contribution in [2.75, 3.05) is 7.11 Å². The fraction of sp³-hybridized carbons (Fsp3) is 0.0625. The predicted octanol–water partition coefficient (Wildman–Crippen LogP) is 3.02. The molecule has 0 atom stereocenters. The zero-order valence-corrected chi connectivity index (χ0v) is 10.9. The third kappa shape index (κ3) is 3.62. The van der Waals surface area contributed by atoms with E-state index in [1.54, 1.807) is 54.6 Å². The van der Waals surface area contributed by atoms with E-state index in [0.717, 1.165) is 5.56 Å². The second-order valence-electron chi connectivity index (χ2n) is 4.00. The maximum atomic E-state index is 11.7. The van der Waals surface area contributed by atoms with E-state index in [1.807, 2.05) is 0 Å². The molecule has 0 aliphatic heterocycles. The van der Waals surface area contributed by atoms with Gasteiger partial charge >= 0.3 is 5.97 Å². The summed E-state index contributed by atoms with van der Waals surface area (Å²) in [7, 11) is 1.51. The van der Waals surface area contributed by atoms with Crippen LogP contribution in [-0.4, -0.2) is 18.2 Å². The molecule has 2 aromatic carbocycles. The molecule has 0 spiro atoms. The summed E-state index contributed by atoms with van der Waals surface area (Å²) >= 11 is 0. The number of phenols is 1. The molecule has 2 rings (SSSR count). The van der Waals surface area contributed by atoms with Crippen LogP contribution in [0.3, 0.4) is 0 Å². The number of aromatic hydroxyl groups is 1. The van der Waals surface area contributed by atoms with Crippen molar-refractivity contribution >= 4 is 12.0 Å². The number of methoxy groups -OCH3 is 1. The SMILES string of the molecule is COc1ccccc1OC(=O)/C=C/c1ccc(O)cc1. The summed E-state index contributed by atoms with van der Waals surface area (Å²) in [6.07, 6.45) is 2.93. The molecule has 0 aliphatic rings. The minimum absolute atomic E-state index is 0.179. The van der Waals surface area contributed by atoms with Gasteiger partial charge in [0.15, 0.2) is 11.5 Å². The fourth-order valence-corrected chi connectivity index (χ4v) is 1.60. The number of carbonyl (C=O) groups excluding carboxylic acids is 1. The van der Waals surface area contributed by atoms with Crippen molar-refractivity contribution in [2.24, 2.45) is 0 Å². The lowest BCUT2D eigenvalue weighted by molar-refractivity contribution is -0.129. The Hall–Kier alpha value is -2.75. The van der Waals surface area contributed by atoms with Crippen LogP contribution in [0, 0.1) is 0 Å². The van der Waals surface area contributed by atoms with E-state index in [9.17, 15) is 4.79 Å². The van der Waals surface area contributed by atoms with Gasteiger partial charge in [0.2, 0.25) is 0 Å². The van der Waals surface area contributed by atoms with Gasteiger partial charge in [-0.3, -0.25) is 0 Å². The zero-order valence-electron chi connectivity index (χ0n) is 10.9. The van der Waals surface area contributed by atoms with Crippen LogP contribution in [0.5, 0.6) is 17.2 Å². The highest BCUT2D eigenvalue weighted by Gasteiger charge is 2.06.